The highest BCUT2D eigenvalue weighted by atomic mass is 28.4. The molecule has 0 radical (unpaired) electrons. The first-order chi connectivity index (χ1) is 9.61. The first-order valence-electron chi connectivity index (χ1n) is 8.83. The van der Waals surface area contributed by atoms with Gasteiger partial charge < -0.3 is 4.43 Å². The van der Waals surface area contributed by atoms with Crippen LogP contribution in [0, 0.1) is 11.8 Å². The van der Waals surface area contributed by atoms with E-state index < -0.39 is 8.32 Å². The molecule has 0 aliphatic rings. The van der Waals surface area contributed by atoms with E-state index in [1.54, 1.807) is 0 Å². The van der Waals surface area contributed by atoms with Gasteiger partial charge in [-0.15, -0.1) is 0 Å². The summed E-state index contributed by atoms with van der Waals surface area (Å²) in [5.74, 6) is 0.469. The summed E-state index contributed by atoms with van der Waals surface area (Å²) in [6, 6.07) is 0. The van der Waals surface area contributed by atoms with Gasteiger partial charge in [0.25, 0.3) is 14.3 Å². The van der Waals surface area contributed by atoms with Crippen LogP contribution in [-0.4, -0.2) is 14.3 Å². The molecule has 0 aromatic rings. The molecular formula is C18H38O2Si. The minimum atomic E-state index is -2.08. The standard InChI is InChI=1S/C18H38O2Si/c1-10-11-12-16(8)17(9)18(19)20-21(13(2)3,14(4)5)15(6)7/h13-17H,10-12H2,1-9H3. The molecule has 0 aliphatic heterocycles. The summed E-state index contributed by atoms with van der Waals surface area (Å²) in [7, 11) is -2.08. The molecule has 2 unspecified atom stereocenters. The Kier molecular flexibility index (Phi) is 8.83. The quantitative estimate of drug-likeness (QED) is 0.476. The van der Waals surface area contributed by atoms with Crippen molar-refractivity contribution >= 4 is 14.3 Å². The van der Waals surface area contributed by atoms with Gasteiger partial charge in [0, 0.05) is 0 Å². The van der Waals surface area contributed by atoms with Crippen molar-refractivity contribution in [2.24, 2.45) is 11.8 Å². The van der Waals surface area contributed by atoms with Crippen LogP contribution in [0.4, 0.5) is 0 Å². The third-order valence-electron chi connectivity index (χ3n) is 5.22. The average molecular weight is 315 g/mol. The van der Waals surface area contributed by atoms with Crippen LogP contribution < -0.4 is 0 Å². The fraction of sp³-hybridized carbons (Fsp3) is 0.944. The molecule has 0 saturated heterocycles. The Bertz CT molecular complexity index is 289. The van der Waals surface area contributed by atoms with Gasteiger partial charge in [0.15, 0.2) is 0 Å². The van der Waals surface area contributed by atoms with Crippen molar-refractivity contribution < 1.29 is 9.22 Å². The van der Waals surface area contributed by atoms with Gasteiger partial charge in [-0.1, -0.05) is 75.2 Å². The van der Waals surface area contributed by atoms with Crippen LogP contribution >= 0.6 is 0 Å². The van der Waals surface area contributed by atoms with Crippen LogP contribution in [0.3, 0.4) is 0 Å². The van der Waals surface area contributed by atoms with E-state index in [-0.39, 0.29) is 11.9 Å². The fourth-order valence-electron chi connectivity index (χ4n) is 3.63. The molecule has 0 bridgehead atoms. The lowest BCUT2D eigenvalue weighted by atomic mass is 9.91. The van der Waals surface area contributed by atoms with Gasteiger partial charge >= 0.3 is 0 Å². The van der Waals surface area contributed by atoms with Crippen LogP contribution in [0.15, 0.2) is 0 Å². The third-order valence-corrected chi connectivity index (χ3v) is 11.2. The molecule has 0 aromatic heterocycles. The molecule has 0 amide bonds. The van der Waals surface area contributed by atoms with Crippen molar-refractivity contribution in [3.8, 4) is 0 Å². The van der Waals surface area contributed by atoms with Gasteiger partial charge in [-0.25, -0.2) is 0 Å². The summed E-state index contributed by atoms with van der Waals surface area (Å²) in [5.41, 5.74) is 1.37. The van der Waals surface area contributed by atoms with Crippen molar-refractivity contribution in [3.05, 3.63) is 0 Å². The molecule has 0 saturated carbocycles. The Morgan fingerprint density at radius 2 is 1.33 bits per heavy atom. The summed E-state index contributed by atoms with van der Waals surface area (Å²) in [4.78, 5) is 12.7. The highest BCUT2D eigenvalue weighted by molar-refractivity contribution is 6.78. The molecule has 2 nitrogen and oxygen atoms in total. The van der Waals surface area contributed by atoms with E-state index in [9.17, 15) is 4.79 Å². The Labute approximate surface area is 134 Å². The van der Waals surface area contributed by atoms with E-state index in [0.29, 0.717) is 22.5 Å². The van der Waals surface area contributed by atoms with E-state index in [1.807, 2.05) is 6.92 Å². The molecule has 126 valence electrons. The average Bonchev–Trinajstić information content (AvgIpc) is 2.39. The lowest BCUT2D eigenvalue weighted by Gasteiger charge is -2.42. The second-order valence-electron chi connectivity index (χ2n) is 7.65. The molecule has 0 spiro atoms. The second-order valence-corrected chi connectivity index (χ2v) is 13.0. The van der Waals surface area contributed by atoms with Gasteiger partial charge in [0.2, 0.25) is 0 Å². The number of hydrogen-bond acceptors (Lipinski definition) is 2. The first kappa shape index (κ1) is 20.7. The SMILES string of the molecule is CCCCC(C)C(C)C(=O)O[Si](C(C)C)(C(C)C)C(C)C. The van der Waals surface area contributed by atoms with E-state index >= 15 is 0 Å². The van der Waals surface area contributed by atoms with Crippen LogP contribution in [0.2, 0.25) is 16.6 Å². The lowest BCUT2D eigenvalue weighted by molar-refractivity contribution is -0.141. The molecular weight excluding hydrogens is 276 g/mol. The van der Waals surface area contributed by atoms with Gasteiger partial charge in [0.05, 0.1) is 5.92 Å². The van der Waals surface area contributed by atoms with Crippen LogP contribution in [0.1, 0.15) is 81.6 Å². The van der Waals surface area contributed by atoms with Gasteiger partial charge in [-0.2, -0.15) is 0 Å². The molecule has 21 heavy (non-hydrogen) atoms. The summed E-state index contributed by atoms with van der Waals surface area (Å²) >= 11 is 0. The molecule has 0 aliphatic carbocycles. The lowest BCUT2D eigenvalue weighted by Crippen LogP contribution is -2.50. The van der Waals surface area contributed by atoms with E-state index in [2.05, 4.69) is 55.4 Å². The topological polar surface area (TPSA) is 26.3 Å². The summed E-state index contributed by atoms with van der Waals surface area (Å²) < 4.78 is 6.29. The van der Waals surface area contributed by atoms with Gasteiger partial charge in [0.1, 0.15) is 0 Å². The number of hydrogen-bond donors (Lipinski definition) is 0. The molecule has 0 rings (SSSR count). The largest absolute Gasteiger partial charge is 0.518 e. The minimum absolute atomic E-state index is 0.0136. The Hall–Kier alpha value is -0.313. The van der Waals surface area contributed by atoms with Crippen molar-refractivity contribution in [3.63, 3.8) is 0 Å². The van der Waals surface area contributed by atoms with E-state index in [0.717, 1.165) is 6.42 Å². The summed E-state index contributed by atoms with van der Waals surface area (Å²) in [5, 5.41) is 0. The summed E-state index contributed by atoms with van der Waals surface area (Å²) in [6.07, 6.45) is 3.50. The Balaban J connectivity index is 5.05. The van der Waals surface area contributed by atoms with Crippen LogP contribution in [0.5, 0.6) is 0 Å². The fourth-order valence-corrected chi connectivity index (χ4v) is 8.87. The zero-order valence-corrected chi connectivity index (χ0v) is 16.8. The Morgan fingerprint density at radius 1 is 0.905 bits per heavy atom. The van der Waals surface area contributed by atoms with E-state index in [1.165, 1.54) is 12.8 Å². The van der Waals surface area contributed by atoms with E-state index in [4.69, 9.17) is 4.43 Å². The first-order valence-corrected chi connectivity index (χ1v) is 11.0. The minimum Gasteiger partial charge on any atom is -0.518 e. The maximum atomic E-state index is 12.7. The normalized spacial score (nSPS) is 15.6. The highest BCUT2D eigenvalue weighted by Gasteiger charge is 2.48. The number of carbonyl (C=O) groups is 1. The van der Waals surface area contributed by atoms with Crippen LogP contribution in [-0.2, 0) is 9.22 Å². The number of carbonyl (C=O) groups excluding carboxylic acids is 1. The number of rotatable bonds is 9. The molecule has 0 aromatic carbocycles. The molecule has 2 atom stereocenters. The molecule has 0 heterocycles. The zero-order valence-electron chi connectivity index (χ0n) is 15.8. The monoisotopic (exact) mass is 314 g/mol. The smallest absolute Gasteiger partial charge is 0.295 e. The van der Waals surface area contributed by atoms with Crippen molar-refractivity contribution in [2.75, 3.05) is 0 Å². The van der Waals surface area contributed by atoms with Crippen molar-refractivity contribution in [1.82, 2.24) is 0 Å². The second kappa shape index (κ2) is 8.97. The maximum absolute atomic E-state index is 12.7. The zero-order chi connectivity index (χ0) is 16.8. The van der Waals surface area contributed by atoms with Crippen LogP contribution in [0.25, 0.3) is 0 Å². The predicted octanol–water partition coefficient (Wildman–Crippen LogP) is 6.17. The highest BCUT2D eigenvalue weighted by Crippen LogP contribution is 2.43. The predicted molar refractivity (Wildman–Crippen MR) is 95.0 cm³/mol. The number of unbranched alkanes of at least 4 members (excludes halogenated alkanes) is 1. The maximum Gasteiger partial charge on any atom is 0.295 e. The van der Waals surface area contributed by atoms with Gasteiger partial charge in [-0.3, -0.25) is 4.79 Å². The Morgan fingerprint density at radius 3 is 1.67 bits per heavy atom. The van der Waals surface area contributed by atoms with Crippen molar-refractivity contribution in [1.29, 1.82) is 0 Å². The van der Waals surface area contributed by atoms with Gasteiger partial charge in [-0.05, 0) is 29.0 Å². The molecule has 0 N–H and O–H groups in total. The third kappa shape index (κ3) is 5.12. The summed E-state index contributed by atoms with van der Waals surface area (Å²) in [6.45, 7) is 19.8. The molecule has 3 heteroatoms. The molecule has 0 fully saturated rings. The van der Waals surface area contributed by atoms with Crippen molar-refractivity contribution in [2.45, 2.75) is 98.2 Å².